The van der Waals surface area contributed by atoms with Gasteiger partial charge in [0.2, 0.25) is 17.5 Å². The molecule has 0 radical (unpaired) electrons. The van der Waals surface area contributed by atoms with Gasteiger partial charge in [-0.1, -0.05) is 0 Å². The molecule has 19 nitrogen and oxygen atoms in total. The number of hydrogen-bond donors (Lipinski definition) is 11. The van der Waals surface area contributed by atoms with Crippen LogP contribution >= 0.6 is 0 Å². The molecule has 0 bridgehead atoms. The Morgan fingerprint density at radius 1 is 0.654 bits per heavy atom. The van der Waals surface area contributed by atoms with E-state index in [0.717, 1.165) is 12.1 Å². The zero-order valence-corrected chi connectivity index (χ0v) is 27.5. The summed E-state index contributed by atoms with van der Waals surface area (Å²) in [4.78, 5) is 14.0. The molecule has 0 saturated carbocycles. The third kappa shape index (κ3) is 7.16. The number of fused-ring (bicyclic) bond motifs is 1. The Kier molecular flexibility index (Phi) is 11.0. The second kappa shape index (κ2) is 15.0. The summed E-state index contributed by atoms with van der Waals surface area (Å²) in [6, 6.07) is 7.16. The van der Waals surface area contributed by atoms with Crippen molar-refractivity contribution in [1.29, 1.82) is 0 Å². The molecular formula is C33H40O19. The smallest absolute Gasteiger partial charge is 0.239 e. The van der Waals surface area contributed by atoms with Crippen LogP contribution in [0.4, 0.5) is 0 Å². The first-order chi connectivity index (χ1) is 24.6. The summed E-state index contributed by atoms with van der Waals surface area (Å²) in [5.41, 5.74) is -1.15. The lowest BCUT2D eigenvalue weighted by molar-refractivity contribution is -0.360. The first kappa shape index (κ1) is 38.1. The van der Waals surface area contributed by atoms with Gasteiger partial charge in [0.1, 0.15) is 83.2 Å². The van der Waals surface area contributed by atoms with E-state index in [9.17, 15) is 61.0 Å². The highest BCUT2D eigenvalue weighted by atomic mass is 16.8. The molecule has 19 heteroatoms. The molecular weight excluding hydrogens is 700 g/mol. The Bertz CT molecular complexity index is 1760. The number of rotatable bonds is 8. The number of hydrogen-bond acceptors (Lipinski definition) is 19. The molecule has 3 fully saturated rings. The average molecular weight is 741 g/mol. The largest absolute Gasteiger partial charge is 0.508 e. The Morgan fingerprint density at radius 3 is 1.88 bits per heavy atom. The van der Waals surface area contributed by atoms with Crippen molar-refractivity contribution in [2.75, 3.05) is 6.61 Å². The van der Waals surface area contributed by atoms with Crippen molar-refractivity contribution >= 4 is 11.0 Å². The highest BCUT2D eigenvalue weighted by Crippen LogP contribution is 2.38. The van der Waals surface area contributed by atoms with Gasteiger partial charge >= 0.3 is 0 Å². The number of phenols is 3. The standard InChI is InChI=1S/C33H40O19/c1-10-19(37)23(41)26(44)31(47-10)46-9-17-21(39)25(43)30(52-32-27(45)24(42)20(38)11(2)48-32)33(50-17)51-29-22(40)18-15(36)7-14(35)8-16(18)49-28(29)12-3-5-13(34)6-4-12/h3-8,10-11,17,19-21,23-27,30-39,41-45H,9H2,1-2H3/t10-,11?,17?,19-,20?,21?,23+,24?,25?,26?,27?,30?,31?,32?,33?/m0/s1. The van der Waals surface area contributed by atoms with E-state index in [1.54, 1.807) is 0 Å². The van der Waals surface area contributed by atoms with Crippen LogP contribution in [-0.2, 0) is 23.7 Å². The summed E-state index contributed by atoms with van der Waals surface area (Å²) in [5.74, 6) is -2.27. The zero-order valence-electron chi connectivity index (χ0n) is 27.5. The van der Waals surface area contributed by atoms with E-state index in [1.807, 2.05) is 0 Å². The van der Waals surface area contributed by atoms with Crippen LogP contribution in [0.25, 0.3) is 22.3 Å². The summed E-state index contributed by atoms with van der Waals surface area (Å²) >= 11 is 0. The van der Waals surface area contributed by atoms with E-state index in [1.165, 1.54) is 38.1 Å². The zero-order chi connectivity index (χ0) is 37.8. The molecule has 0 amide bonds. The maximum atomic E-state index is 14.0. The fourth-order valence-corrected chi connectivity index (χ4v) is 6.20. The molecule has 6 rings (SSSR count). The quantitative estimate of drug-likeness (QED) is 0.113. The number of aromatic hydroxyl groups is 3. The second-order valence-electron chi connectivity index (χ2n) is 12.9. The van der Waals surface area contributed by atoms with Gasteiger partial charge in [0.05, 0.1) is 18.8 Å². The molecule has 0 spiro atoms. The van der Waals surface area contributed by atoms with Gasteiger partial charge in [-0.25, -0.2) is 0 Å². The average Bonchev–Trinajstić information content (AvgIpc) is 3.10. The lowest BCUT2D eigenvalue weighted by Gasteiger charge is -2.46. The highest BCUT2D eigenvalue weighted by Gasteiger charge is 2.52. The fourth-order valence-electron chi connectivity index (χ4n) is 6.20. The summed E-state index contributed by atoms with van der Waals surface area (Å²) in [6.07, 6.45) is -24.7. The van der Waals surface area contributed by atoms with Crippen molar-refractivity contribution in [3.05, 3.63) is 46.6 Å². The van der Waals surface area contributed by atoms with Crippen LogP contribution in [0.2, 0.25) is 0 Å². The topological polar surface area (TPSA) is 308 Å². The first-order valence-corrected chi connectivity index (χ1v) is 16.2. The van der Waals surface area contributed by atoms with Crippen LogP contribution in [-0.4, -0.2) is 155 Å². The second-order valence-corrected chi connectivity index (χ2v) is 12.9. The maximum Gasteiger partial charge on any atom is 0.239 e. The SMILES string of the molecule is CC1OC(OC2C(Oc3c(-c4ccc(O)cc4)oc4cc(O)cc(O)c4c3=O)OC(COC3O[C@@H](C)[C@H](O)[C@@H](O)C3O)C(O)C2O)C(O)C(O)C1O. The van der Waals surface area contributed by atoms with Gasteiger partial charge in [0, 0.05) is 17.7 Å². The van der Waals surface area contributed by atoms with E-state index in [4.69, 9.17) is 32.8 Å². The van der Waals surface area contributed by atoms with Gasteiger partial charge in [0.15, 0.2) is 24.4 Å². The molecule has 0 aliphatic carbocycles. The number of aliphatic hydroxyl groups excluding tert-OH is 8. The molecule has 3 aliphatic rings. The Hall–Kier alpha value is -3.67. The molecule has 11 N–H and O–H groups in total. The van der Waals surface area contributed by atoms with Crippen LogP contribution in [0.15, 0.2) is 45.6 Å². The van der Waals surface area contributed by atoms with Crippen LogP contribution in [0.3, 0.4) is 0 Å². The van der Waals surface area contributed by atoms with Gasteiger partial charge in [-0.15, -0.1) is 0 Å². The van der Waals surface area contributed by atoms with E-state index in [0.29, 0.717) is 0 Å². The van der Waals surface area contributed by atoms with E-state index >= 15 is 0 Å². The normalized spacial score (nSPS) is 38.3. The van der Waals surface area contributed by atoms with Crippen LogP contribution in [0.1, 0.15) is 13.8 Å². The molecule has 52 heavy (non-hydrogen) atoms. The number of ether oxygens (including phenoxy) is 6. The lowest BCUT2D eigenvalue weighted by Crippen LogP contribution is -2.65. The predicted octanol–water partition coefficient (Wildman–Crippen LogP) is -2.54. The van der Waals surface area contributed by atoms with Crippen LogP contribution in [0, 0.1) is 0 Å². The van der Waals surface area contributed by atoms with Crippen molar-refractivity contribution in [1.82, 2.24) is 0 Å². The lowest BCUT2D eigenvalue weighted by atomic mass is 9.97. The van der Waals surface area contributed by atoms with Gasteiger partial charge in [-0.05, 0) is 38.1 Å². The Labute approximate surface area is 293 Å². The molecule has 2 aromatic carbocycles. The molecule has 1 aromatic heterocycles. The minimum atomic E-state index is -2.00. The van der Waals surface area contributed by atoms with Gasteiger partial charge in [-0.2, -0.15) is 0 Å². The predicted molar refractivity (Wildman–Crippen MR) is 170 cm³/mol. The first-order valence-electron chi connectivity index (χ1n) is 16.2. The van der Waals surface area contributed by atoms with Gasteiger partial charge < -0.3 is 89.0 Å². The molecule has 3 aromatic rings. The van der Waals surface area contributed by atoms with E-state index in [2.05, 4.69) is 0 Å². The molecule has 12 unspecified atom stereocenters. The van der Waals surface area contributed by atoms with Crippen molar-refractivity contribution in [3.8, 4) is 34.3 Å². The number of benzene rings is 2. The summed E-state index contributed by atoms with van der Waals surface area (Å²) < 4.78 is 40.3. The Morgan fingerprint density at radius 2 is 1.25 bits per heavy atom. The maximum absolute atomic E-state index is 14.0. The summed E-state index contributed by atoms with van der Waals surface area (Å²) in [6.45, 7) is 2.12. The Balaban J connectivity index is 1.38. The summed E-state index contributed by atoms with van der Waals surface area (Å²) in [7, 11) is 0. The minimum absolute atomic E-state index is 0.138. The van der Waals surface area contributed by atoms with Crippen molar-refractivity contribution in [3.63, 3.8) is 0 Å². The monoisotopic (exact) mass is 740 g/mol. The van der Waals surface area contributed by atoms with Crippen LogP contribution in [0.5, 0.6) is 23.0 Å². The molecule has 15 atom stereocenters. The minimum Gasteiger partial charge on any atom is -0.508 e. The summed E-state index contributed by atoms with van der Waals surface area (Å²) in [5, 5.41) is 115. The fraction of sp³-hybridized carbons (Fsp3) is 0.545. The van der Waals surface area contributed by atoms with Gasteiger partial charge in [-0.3, -0.25) is 4.79 Å². The molecule has 4 heterocycles. The number of aliphatic hydroxyl groups is 8. The highest BCUT2D eigenvalue weighted by molar-refractivity contribution is 5.88. The van der Waals surface area contributed by atoms with Crippen molar-refractivity contribution in [2.24, 2.45) is 0 Å². The van der Waals surface area contributed by atoms with E-state index < -0.39 is 127 Å². The van der Waals surface area contributed by atoms with E-state index in [-0.39, 0.29) is 22.7 Å². The molecule has 3 saturated heterocycles. The third-order valence-electron chi connectivity index (χ3n) is 9.26. The van der Waals surface area contributed by atoms with Crippen molar-refractivity contribution in [2.45, 2.75) is 106 Å². The molecule has 3 aliphatic heterocycles. The van der Waals surface area contributed by atoms with Gasteiger partial charge in [0.25, 0.3) is 0 Å². The molecule has 286 valence electrons. The number of phenolic OH excluding ortho intramolecular Hbond substituents is 3. The van der Waals surface area contributed by atoms with Crippen LogP contribution < -0.4 is 10.2 Å². The van der Waals surface area contributed by atoms with Crippen molar-refractivity contribution < 1.29 is 89.0 Å². The third-order valence-corrected chi connectivity index (χ3v) is 9.26.